The molecular formula is C13H25N3O3. The second-order valence-electron chi connectivity index (χ2n) is 5.83. The molecule has 3 atom stereocenters. The van der Waals surface area contributed by atoms with E-state index in [-0.39, 0.29) is 18.0 Å². The van der Waals surface area contributed by atoms with Crippen molar-refractivity contribution in [3.63, 3.8) is 0 Å². The summed E-state index contributed by atoms with van der Waals surface area (Å²) < 4.78 is 10.6. The highest BCUT2D eigenvalue weighted by Crippen LogP contribution is 2.27. The van der Waals surface area contributed by atoms with E-state index in [9.17, 15) is 4.79 Å². The minimum absolute atomic E-state index is 0.00161. The molecule has 1 amide bonds. The average Bonchev–Trinajstić information content (AvgIpc) is 2.72. The van der Waals surface area contributed by atoms with Gasteiger partial charge < -0.3 is 20.5 Å². The van der Waals surface area contributed by atoms with E-state index in [1.165, 1.54) is 0 Å². The van der Waals surface area contributed by atoms with Crippen LogP contribution in [0.4, 0.5) is 0 Å². The molecule has 2 fully saturated rings. The molecular weight excluding hydrogens is 246 g/mol. The van der Waals surface area contributed by atoms with Gasteiger partial charge in [0.15, 0.2) is 0 Å². The van der Waals surface area contributed by atoms with Crippen LogP contribution < -0.4 is 11.1 Å². The fourth-order valence-electron chi connectivity index (χ4n) is 2.53. The van der Waals surface area contributed by atoms with Crippen LogP contribution in [0.3, 0.4) is 0 Å². The molecule has 2 rings (SSSR count). The zero-order valence-corrected chi connectivity index (χ0v) is 11.9. The summed E-state index contributed by atoms with van der Waals surface area (Å²) in [7, 11) is 0. The molecule has 2 aliphatic rings. The number of amides is 1. The van der Waals surface area contributed by atoms with Crippen LogP contribution in [0.2, 0.25) is 0 Å². The van der Waals surface area contributed by atoms with Crippen molar-refractivity contribution in [2.24, 2.45) is 11.1 Å². The summed E-state index contributed by atoms with van der Waals surface area (Å²) in [6.45, 7) is 9.03. The number of hydrogen-bond donors (Lipinski definition) is 2. The Morgan fingerprint density at radius 1 is 1.47 bits per heavy atom. The lowest BCUT2D eigenvalue weighted by molar-refractivity contribution is -0.131. The van der Waals surface area contributed by atoms with E-state index in [0.29, 0.717) is 13.2 Å². The third-order valence-electron chi connectivity index (χ3n) is 4.05. The van der Waals surface area contributed by atoms with Gasteiger partial charge in [-0.25, -0.2) is 0 Å². The van der Waals surface area contributed by atoms with Gasteiger partial charge in [0.1, 0.15) is 0 Å². The van der Waals surface area contributed by atoms with Crippen LogP contribution in [-0.2, 0) is 14.3 Å². The number of morpholine rings is 1. The van der Waals surface area contributed by atoms with E-state index in [1.54, 1.807) is 0 Å². The summed E-state index contributed by atoms with van der Waals surface area (Å²) in [6.07, 6.45) is 0. The summed E-state index contributed by atoms with van der Waals surface area (Å²) in [5, 5.41) is 3.06. The molecule has 19 heavy (non-hydrogen) atoms. The van der Waals surface area contributed by atoms with Gasteiger partial charge in [-0.2, -0.15) is 0 Å². The van der Waals surface area contributed by atoms with Gasteiger partial charge in [0.2, 0.25) is 5.91 Å². The van der Waals surface area contributed by atoms with Crippen molar-refractivity contribution >= 4 is 5.91 Å². The monoisotopic (exact) mass is 271 g/mol. The molecule has 6 heteroatoms. The highest BCUT2D eigenvalue weighted by molar-refractivity contribution is 5.83. The fraction of sp³-hybridized carbons (Fsp3) is 0.923. The van der Waals surface area contributed by atoms with E-state index in [0.717, 1.165) is 32.8 Å². The van der Waals surface area contributed by atoms with Crippen molar-refractivity contribution in [1.82, 2.24) is 10.2 Å². The normalized spacial score (nSPS) is 34.2. The number of hydrogen-bond acceptors (Lipinski definition) is 5. The molecule has 0 aromatic rings. The minimum Gasteiger partial charge on any atom is -0.379 e. The molecule has 0 spiro atoms. The lowest BCUT2D eigenvalue weighted by atomic mass is 9.84. The van der Waals surface area contributed by atoms with Gasteiger partial charge in [-0.3, -0.25) is 9.69 Å². The van der Waals surface area contributed by atoms with Crippen LogP contribution in [0, 0.1) is 5.41 Å². The number of carbonyl (C=O) groups is 1. The first-order chi connectivity index (χ1) is 9.02. The maximum Gasteiger partial charge on any atom is 0.230 e. The highest BCUT2D eigenvalue weighted by atomic mass is 16.5. The molecule has 0 aromatic carbocycles. The lowest BCUT2D eigenvalue weighted by Gasteiger charge is -2.32. The molecule has 0 aromatic heterocycles. The molecule has 0 aliphatic carbocycles. The second kappa shape index (κ2) is 6.17. The quantitative estimate of drug-likeness (QED) is 0.699. The first-order valence-electron chi connectivity index (χ1n) is 6.97. The number of nitrogens with one attached hydrogen (secondary N) is 1. The number of ether oxygens (including phenoxy) is 2. The fourth-order valence-corrected chi connectivity index (χ4v) is 2.53. The average molecular weight is 271 g/mol. The predicted octanol–water partition coefficient (Wildman–Crippen LogP) is -0.813. The summed E-state index contributed by atoms with van der Waals surface area (Å²) in [6, 6.07) is -0.113. The van der Waals surface area contributed by atoms with E-state index in [4.69, 9.17) is 15.2 Å². The van der Waals surface area contributed by atoms with Gasteiger partial charge in [-0.05, 0) is 13.8 Å². The van der Waals surface area contributed by atoms with E-state index >= 15 is 0 Å². The van der Waals surface area contributed by atoms with Crippen LogP contribution in [0.1, 0.15) is 13.8 Å². The Morgan fingerprint density at radius 2 is 2.16 bits per heavy atom. The smallest absolute Gasteiger partial charge is 0.230 e. The zero-order chi connectivity index (χ0) is 13.9. The van der Waals surface area contributed by atoms with Crippen LogP contribution in [0.5, 0.6) is 0 Å². The molecule has 0 saturated carbocycles. The second-order valence-corrected chi connectivity index (χ2v) is 5.83. The van der Waals surface area contributed by atoms with E-state index in [1.807, 2.05) is 13.8 Å². The SMILES string of the molecule is CC(CN1CCOCC1)NC(=O)C1(C)COCC1N. The molecule has 2 saturated heterocycles. The van der Waals surface area contributed by atoms with Crippen molar-refractivity contribution in [3.8, 4) is 0 Å². The Balaban J connectivity index is 1.81. The van der Waals surface area contributed by atoms with Crippen molar-refractivity contribution in [1.29, 1.82) is 0 Å². The predicted molar refractivity (Wildman–Crippen MR) is 71.8 cm³/mol. The first kappa shape index (κ1) is 14.7. The Morgan fingerprint density at radius 3 is 2.74 bits per heavy atom. The standard InChI is InChI=1S/C13H25N3O3/c1-10(7-16-3-5-18-6-4-16)15-12(17)13(2)9-19-8-11(13)14/h10-11H,3-9,14H2,1-2H3,(H,15,17). The first-order valence-corrected chi connectivity index (χ1v) is 6.97. The molecule has 0 radical (unpaired) electrons. The third-order valence-corrected chi connectivity index (χ3v) is 4.05. The topological polar surface area (TPSA) is 76.8 Å². The molecule has 6 nitrogen and oxygen atoms in total. The van der Waals surface area contributed by atoms with Crippen molar-refractivity contribution in [2.75, 3.05) is 46.1 Å². The summed E-state index contributed by atoms with van der Waals surface area (Å²) in [5.74, 6) is -0.00161. The van der Waals surface area contributed by atoms with Crippen LogP contribution >= 0.6 is 0 Å². The van der Waals surface area contributed by atoms with E-state index < -0.39 is 5.41 Å². The van der Waals surface area contributed by atoms with Gasteiger partial charge in [0.25, 0.3) is 0 Å². The van der Waals surface area contributed by atoms with E-state index in [2.05, 4.69) is 10.2 Å². The molecule has 3 N–H and O–H groups in total. The van der Waals surface area contributed by atoms with Crippen LogP contribution in [0.25, 0.3) is 0 Å². The Bertz CT molecular complexity index is 320. The maximum absolute atomic E-state index is 12.3. The van der Waals surface area contributed by atoms with Crippen molar-refractivity contribution in [2.45, 2.75) is 25.9 Å². The molecule has 2 heterocycles. The zero-order valence-electron chi connectivity index (χ0n) is 11.9. The Labute approximate surface area is 114 Å². The van der Waals surface area contributed by atoms with Gasteiger partial charge in [-0.1, -0.05) is 0 Å². The lowest BCUT2D eigenvalue weighted by Crippen LogP contribution is -2.54. The molecule has 3 unspecified atom stereocenters. The number of carbonyl (C=O) groups excluding carboxylic acids is 1. The largest absolute Gasteiger partial charge is 0.379 e. The summed E-state index contributed by atoms with van der Waals surface area (Å²) in [4.78, 5) is 14.6. The molecule has 2 aliphatic heterocycles. The van der Waals surface area contributed by atoms with Crippen molar-refractivity contribution in [3.05, 3.63) is 0 Å². The van der Waals surface area contributed by atoms with Gasteiger partial charge in [0, 0.05) is 31.7 Å². The van der Waals surface area contributed by atoms with Crippen molar-refractivity contribution < 1.29 is 14.3 Å². The molecule has 0 bridgehead atoms. The number of nitrogens with zero attached hydrogens (tertiary/aromatic N) is 1. The Kier molecular flexibility index (Phi) is 4.78. The Hall–Kier alpha value is -0.690. The summed E-state index contributed by atoms with van der Waals surface area (Å²) >= 11 is 0. The van der Waals surface area contributed by atoms with Gasteiger partial charge in [0.05, 0.1) is 31.8 Å². The van der Waals surface area contributed by atoms with Gasteiger partial charge in [-0.15, -0.1) is 0 Å². The van der Waals surface area contributed by atoms with Crippen LogP contribution in [-0.4, -0.2) is 69.0 Å². The number of rotatable bonds is 4. The number of nitrogens with two attached hydrogens (primary N) is 1. The summed E-state index contributed by atoms with van der Waals surface area (Å²) in [5.41, 5.74) is 5.36. The highest BCUT2D eigenvalue weighted by Gasteiger charge is 2.44. The van der Waals surface area contributed by atoms with Crippen LogP contribution in [0.15, 0.2) is 0 Å². The third kappa shape index (κ3) is 3.45. The molecule has 110 valence electrons. The minimum atomic E-state index is -0.598. The maximum atomic E-state index is 12.3. The van der Waals surface area contributed by atoms with Gasteiger partial charge >= 0.3 is 0 Å².